The molecule has 2 rings (SSSR count). The molecule has 0 saturated carbocycles. The highest BCUT2D eigenvalue weighted by atomic mass is 16.5. The third kappa shape index (κ3) is 4.95. The van der Waals surface area contributed by atoms with Crippen molar-refractivity contribution in [3.8, 4) is 0 Å². The number of carbonyl (C=O) groups is 1. The largest absolute Gasteiger partial charge is 0.391 e. The molecule has 0 aliphatic rings. The molecule has 1 aromatic carbocycles. The number of fused-ring (bicyclic) bond motifs is 1. The van der Waals surface area contributed by atoms with Gasteiger partial charge in [-0.3, -0.25) is 4.79 Å². The summed E-state index contributed by atoms with van der Waals surface area (Å²) < 4.78 is 4.82. The number of nitrogens with zero attached hydrogens (tertiary/aromatic N) is 1. The van der Waals surface area contributed by atoms with Crippen molar-refractivity contribution in [2.75, 3.05) is 20.3 Å². The zero-order chi connectivity index (χ0) is 15.8. The molecule has 1 amide bonds. The van der Waals surface area contributed by atoms with Crippen LogP contribution in [0.3, 0.4) is 0 Å². The first kappa shape index (κ1) is 16.1. The van der Waals surface area contributed by atoms with Crippen LogP contribution < -0.4 is 5.32 Å². The zero-order valence-corrected chi connectivity index (χ0v) is 12.5. The lowest BCUT2D eigenvalue weighted by molar-refractivity contribution is -0.116. The molecule has 116 valence electrons. The summed E-state index contributed by atoms with van der Waals surface area (Å²) in [5.74, 6) is -0.209. The van der Waals surface area contributed by atoms with Gasteiger partial charge in [-0.1, -0.05) is 24.3 Å². The van der Waals surface area contributed by atoms with Crippen LogP contribution in [0.5, 0.6) is 0 Å². The molecule has 0 aliphatic heterocycles. The summed E-state index contributed by atoms with van der Waals surface area (Å²) >= 11 is 0. The van der Waals surface area contributed by atoms with Crippen molar-refractivity contribution in [2.45, 2.75) is 12.5 Å². The number of rotatable bonds is 7. The van der Waals surface area contributed by atoms with E-state index in [0.717, 1.165) is 16.6 Å². The van der Waals surface area contributed by atoms with E-state index < -0.39 is 6.10 Å². The Morgan fingerprint density at radius 1 is 1.36 bits per heavy atom. The van der Waals surface area contributed by atoms with Crippen molar-refractivity contribution >= 4 is 22.9 Å². The van der Waals surface area contributed by atoms with Crippen molar-refractivity contribution in [1.29, 1.82) is 0 Å². The van der Waals surface area contributed by atoms with E-state index in [1.807, 2.05) is 36.4 Å². The Labute approximate surface area is 129 Å². The van der Waals surface area contributed by atoms with Gasteiger partial charge in [-0.2, -0.15) is 0 Å². The Bertz CT molecular complexity index is 655. The maximum Gasteiger partial charge on any atom is 0.244 e. The highest BCUT2D eigenvalue weighted by Crippen LogP contribution is 2.12. The molecule has 0 radical (unpaired) electrons. The number of hydrogen-bond acceptors (Lipinski definition) is 4. The number of pyridine rings is 1. The van der Waals surface area contributed by atoms with Crippen molar-refractivity contribution < 1.29 is 14.6 Å². The minimum absolute atomic E-state index is 0.209. The van der Waals surface area contributed by atoms with Gasteiger partial charge in [0.2, 0.25) is 5.91 Å². The minimum Gasteiger partial charge on any atom is -0.391 e. The molecular weight excluding hydrogens is 280 g/mol. The molecule has 0 fully saturated rings. The molecule has 0 spiro atoms. The van der Waals surface area contributed by atoms with Gasteiger partial charge in [0.15, 0.2) is 0 Å². The molecule has 1 aromatic heterocycles. The van der Waals surface area contributed by atoms with Crippen molar-refractivity contribution in [2.24, 2.45) is 0 Å². The summed E-state index contributed by atoms with van der Waals surface area (Å²) in [7, 11) is 1.53. The number of nitrogens with one attached hydrogen (secondary N) is 1. The summed E-state index contributed by atoms with van der Waals surface area (Å²) in [4.78, 5) is 16.1. The van der Waals surface area contributed by atoms with Crippen LogP contribution in [0.15, 0.2) is 42.5 Å². The van der Waals surface area contributed by atoms with Crippen molar-refractivity contribution in [3.63, 3.8) is 0 Å². The second-order valence-corrected chi connectivity index (χ2v) is 4.95. The molecule has 0 aliphatic carbocycles. The number of hydrogen-bond donors (Lipinski definition) is 2. The number of para-hydroxylation sites is 1. The fourth-order valence-electron chi connectivity index (χ4n) is 2.03. The smallest absolute Gasteiger partial charge is 0.244 e. The monoisotopic (exact) mass is 300 g/mol. The number of benzene rings is 1. The Balaban J connectivity index is 1.85. The molecule has 0 bridgehead atoms. The van der Waals surface area contributed by atoms with Gasteiger partial charge in [-0.05, 0) is 24.6 Å². The minimum atomic E-state index is -0.559. The summed E-state index contributed by atoms with van der Waals surface area (Å²) in [6, 6.07) is 11.7. The van der Waals surface area contributed by atoms with Gasteiger partial charge in [0.05, 0.1) is 23.9 Å². The topological polar surface area (TPSA) is 71.5 Å². The van der Waals surface area contributed by atoms with Gasteiger partial charge in [0.25, 0.3) is 0 Å². The summed E-state index contributed by atoms with van der Waals surface area (Å²) in [6.45, 7) is 0.672. The van der Waals surface area contributed by atoms with E-state index in [1.54, 1.807) is 6.08 Å². The standard InChI is InChI=1S/C17H20N2O3/c1-22-12-15(20)10-11-18-17(21)9-8-14-7-6-13-4-2-3-5-16(13)19-14/h2-9,15,20H,10-12H2,1H3,(H,18,21)/b9-8+. The van der Waals surface area contributed by atoms with Crippen LogP contribution in [0.2, 0.25) is 0 Å². The molecule has 1 atom stereocenters. The lowest BCUT2D eigenvalue weighted by atomic mass is 10.2. The van der Waals surface area contributed by atoms with E-state index in [0.29, 0.717) is 13.0 Å². The van der Waals surface area contributed by atoms with Crippen LogP contribution in [0, 0.1) is 0 Å². The first-order valence-corrected chi connectivity index (χ1v) is 7.18. The average Bonchev–Trinajstić information content (AvgIpc) is 2.53. The molecule has 0 saturated heterocycles. The molecule has 1 heterocycles. The van der Waals surface area contributed by atoms with Gasteiger partial charge >= 0.3 is 0 Å². The lowest BCUT2D eigenvalue weighted by Crippen LogP contribution is -2.27. The number of aromatic nitrogens is 1. The second kappa shape index (κ2) is 8.26. The molecular formula is C17H20N2O3. The van der Waals surface area contributed by atoms with Crippen LogP contribution in [-0.4, -0.2) is 42.4 Å². The predicted molar refractivity (Wildman–Crippen MR) is 86.3 cm³/mol. The molecule has 5 nitrogen and oxygen atoms in total. The molecule has 1 unspecified atom stereocenters. The molecule has 5 heteroatoms. The van der Waals surface area contributed by atoms with E-state index in [2.05, 4.69) is 10.3 Å². The van der Waals surface area contributed by atoms with E-state index >= 15 is 0 Å². The number of carbonyl (C=O) groups excluding carboxylic acids is 1. The number of aliphatic hydroxyl groups is 1. The van der Waals surface area contributed by atoms with Crippen molar-refractivity contribution in [3.05, 3.63) is 48.2 Å². The normalized spacial score (nSPS) is 12.6. The van der Waals surface area contributed by atoms with Crippen molar-refractivity contribution in [1.82, 2.24) is 10.3 Å². The summed E-state index contributed by atoms with van der Waals surface area (Å²) in [6.07, 6.45) is 3.02. The molecule has 22 heavy (non-hydrogen) atoms. The predicted octanol–water partition coefficient (Wildman–Crippen LogP) is 1.76. The maximum absolute atomic E-state index is 11.7. The van der Waals surface area contributed by atoms with Gasteiger partial charge in [0, 0.05) is 25.1 Å². The highest BCUT2D eigenvalue weighted by Gasteiger charge is 2.03. The van der Waals surface area contributed by atoms with E-state index in [4.69, 9.17) is 4.74 Å². The van der Waals surface area contributed by atoms with E-state index in [1.165, 1.54) is 13.2 Å². The Kier molecular flexibility index (Phi) is 6.06. The zero-order valence-electron chi connectivity index (χ0n) is 12.5. The first-order valence-electron chi connectivity index (χ1n) is 7.18. The fraction of sp³-hybridized carbons (Fsp3) is 0.294. The van der Waals surface area contributed by atoms with Crippen LogP contribution >= 0.6 is 0 Å². The Morgan fingerprint density at radius 2 is 2.18 bits per heavy atom. The maximum atomic E-state index is 11.7. The van der Waals surface area contributed by atoms with Crippen LogP contribution in [0.4, 0.5) is 0 Å². The third-order valence-corrected chi connectivity index (χ3v) is 3.16. The van der Waals surface area contributed by atoms with Crippen LogP contribution in [-0.2, 0) is 9.53 Å². The van der Waals surface area contributed by atoms with Crippen LogP contribution in [0.1, 0.15) is 12.1 Å². The van der Waals surface area contributed by atoms with Gasteiger partial charge < -0.3 is 15.2 Å². The third-order valence-electron chi connectivity index (χ3n) is 3.16. The quantitative estimate of drug-likeness (QED) is 0.764. The Morgan fingerprint density at radius 3 is 3.00 bits per heavy atom. The SMILES string of the molecule is COCC(O)CCNC(=O)/C=C/c1ccc2ccccc2n1. The summed E-state index contributed by atoms with van der Waals surface area (Å²) in [5.41, 5.74) is 1.63. The number of aliphatic hydroxyl groups excluding tert-OH is 1. The first-order chi connectivity index (χ1) is 10.7. The van der Waals surface area contributed by atoms with Gasteiger partial charge in [0.1, 0.15) is 0 Å². The number of methoxy groups -OCH3 is 1. The van der Waals surface area contributed by atoms with Gasteiger partial charge in [-0.15, -0.1) is 0 Å². The van der Waals surface area contributed by atoms with E-state index in [-0.39, 0.29) is 12.5 Å². The van der Waals surface area contributed by atoms with E-state index in [9.17, 15) is 9.90 Å². The number of amides is 1. The number of ether oxygens (including phenoxy) is 1. The van der Waals surface area contributed by atoms with Gasteiger partial charge in [-0.25, -0.2) is 4.98 Å². The summed E-state index contributed by atoms with van der Waals surface area (Å²) in [5, 5.41) is 13.2. The highest BCUT2D eigenvalue weighted by molar-refractivity contribution is 5.91. The fourth-order valence-corrected chi connectivity index (χ4v) is 2.03. The van der Waals surface area contributed by atoms with Crippen LogP contribution in [0.25, 0.3) is 17.0 Å². The average molecular weight is 300 g/mol. The Hall–Kier alpha value is -2.24. The second-order valence-electron chi connectivity index (χ2n) is 4.95. The molecule has 2 aromatic rings. The lowest BCUT2D eigenvalue weighted by Gasteiger charge is -2.08. The molecule has 2 N–H and O–H groups in total.